The Kier molecular flexibility index (Phi) is 1.21. The Balaban J connectivity index is 2.86. The summed E-state index contributed by atoms with van der Waals surface area (Å²) in [5.41, 5.74) is 2.80. The number of hydrogen-bond acceptors (Lipinski definition) is 2. The Labute approximate surface area is 41.6 Å². The van der Waals surface area contributed by atoms with Crippen LogP contribution in [0.4, 0.5) is 0 Å². The molecule has 1 aliphatic rings. The lowest BCUT2D eigenvalue weighted by Crippen LogP contribution is -1.55. The van der Waals surface area contributed by atoms with E-state index in [1.54, 1.807) is 24.6 Å². The standard InChI is InChI=1S/C5H4N2/c1-2-4-6-7-5-3-1/h2-5H. The molecule has 1 aliphatic heterocycles. The van der Waals surface area contributed by atoms with Gasteiger partial charge in [-0.15, -0.1) is 5.73 Å². The summed E-state index contributed by atoms with van der Waals surface area (Å²) in [6, 6.07) is 0. The number of rotatable bonds is 0. The van der Waals surface area contributed by atoms with E-state index in [1.807, 2.05) is 0 Å². The van der Waals surface area contributed by atoms with Gasteiger partial charge in [0.2, 0.25) is 0 Å². The molecule has 2 heteroatoms. The van der Waals surface area contributed by atoms with Crippen molar-refractivity contribution in [1.82, 2.24) is 0 Å². The van der Waals surface area contributed by atoms with E-state index in [1.165, 1.54) is 0 Å². The average molecular weight is 92.1 g/mol. The predicted octanol–water partition coefficient (Wildman–Crippen LogP) is 0.768. The van der Waals surface area contributed by atoms with Crippen LogP contribution in [-0.4, -0.2) is 12.4 Å². The third-order valence-corrected chi connectivity index (χ3v) is 0.542. The van der Waals surface area contributed by atoms with E-state index in [9.17, 15) is 0 Å². The van der Waals surface area contributed by atoms with Crippen molar-refractivity contribution in [1.29, 1.82) is 0 Å². The molecule has 1 rings (SSSR count). The van der Waals surface area contributed by atoms with E-state index in [2.05, 4.69) is 15.9 Å². The van der Waals surface area contributed by atoms with Gasteiger partial charge in [0.25, 0.3) is 0 Å². The highest BCUT2D eigenvalue weighted by Crippen LogP contribution is 1.73. The molecule has 0 aromatic heterocycles. The molecule has 34 valence electrons. The van der Waals surface area contributed by atoms with Crippen LogP contribution in [-0.2, 0) is 0 Å². The van der Waals surface area contributed by atoms with E-state index >= 15 is 0 Å². The molecule has 0 fully saturated rings. The van der Waals surface area contributed by atoms with Gasteiger partial charge in [-0.2, -0.15) is 10.2 Å². The topological polar surface area (TPSA) is 24.7 Å². The van der Waals surface area contributed by atoms with Crippen LogP contribution in [0, 0.1) is 0 Å². The van der Waals surface area contributed by atoms with Crippen molar-refractivity contribution in [3.63, 3.8) is 0 Å². The van der Waals surface area contributed by atoms with Crippen molar-refractivity contribution in [2.45, 2.75) is 0 Å². The van der Waals surface area contributed by atoms with E-state index in [0.717, 1.165) is 0 Å². The van der Waals surface area contributed by atoms with Gasteiger partial charge in [0, 0.05) is 12.2 Å². The Morgan fingerprint density at radius 3 is 2.14 bits per heavy atom. The number of hydrogen-bond donors (Lipinski definition) is 0. The SMILES string of the molecule is C1=CC=NN=CC=1. The van der Waals surface area contributed by atoms with Crippen LogP contribution < -0.4 is 0 Å². The zero-order valence-electron chi connectivity index (χ0n) is 3.70. The first-order valence-corrected chi connectivity index (χ1v) is 1.96. The van der Waals surface area contributed by atoms with Gasteiger partial charge >= 0.3 is 0 Å². The maximum Gasteiger partial charge on any atom is 0.0572 e. The number of nitrogens with zero attached hydrogens (tertiary/aromatic N) is 2. The molecule has 0 atom stereocenters. The minimum Gasteiger partial charge on any atom is -0.159 e. The molecule has 7 heavy (non-hydrogen) atoms. The van der Waals surface area contributed by atoms with E-state index < -0.39 is 0 Å². The number of allylic oxidation sites excluding steroid dienone is 1. The van der Waals surface area contributed by atoms with Gasteiger partial charge < -0.3 is 0 Å². The molecule has 0 radical (unpaired) electrons. The lowest BCUT2D eigenvalue weighted by molar-refractivity contribution is 1.28. The largest absolute Gasteiger partial charge is 0.159 e. The molecular weight excluding hydrogens is 88.1 g/mol. The molecule has 0 saturated heterocycles. The van der Waals surface area contributed by atoms with Gasteiger partial charge in [-0.1, -0.05) is 0 Å². The second-order valence-electron chi connectivity index (χ2n) is 1.03. The van der Waals surface area contributed by atoms with Gasteiger partial charge in [-0.3, -0.25) is 0 Å². The van der Waals surface area contributed by atoms with E-state index in [4.69, 9.17) is 0 Å². The predicted molar refractivity (Wildman–Crippen MR) is 29.6 cm³/mol. The molecule has 0 unspecified atom stereocenters. The zero-order chi connectivity index (χ0) is 4.95. The van der Waals surface area contributed by atoms with Crippen LogP contribution in [0.1, 0.15) is 0 Å². The van der Waals surface area contributed by atoms with Crippen molar-refractivity contribution in [2.75, 3.05) is 0 Å². The second-order valence-corrected chi connectivity index (χ2v) is 1.03. The fourth-order valence-corrected chi connectivity index (χ4v) is 0.285. The Hall–Kier alpha value is -1.14. The van der Waals surface area contributed by atoms with Gasteiger partial charge in [-0.05, 0) is 0 Å². The van der Waals surface area contributed by atoms with Crippen LogP contribution >= 0.6 is 0 Å². The lowest BCUT2D eigenvalue weighted by Gasteiger charge is -1.63. The highest BCUT2D eigenvalue weighted by atomic mass is 15.2. The van der Waals surface area contributed by atoms with Crippen molar-refractivity contribution >= 4 is 12.4 Å². The highest BCUT2D eigenvalue weighted by Gasteiger charge is 1.64. The first kappa shape index (κ1) is 4.03. The fraction of sp³-hybridized carbons (Fsp3) is 0. The molecular formula is C5H4N2. The zero-order valence-corrected chi connectivity index (χ0v) is 3.70. The van der Waals surface area contributed by atoms with Crippen LogP contribution in [0.3, 0.4) is 0 Å². The van der Waals surface area contributed by atoms with Gasteiger partial charge in [-0.25, -0.2) is 0 Å². The fourth-order valence-electron chi connectivity index (χ4n) is 0.285. The quantitative estimate of drug-likeness (QED) is 0.394. The summed E-state index contributed by atoms with van der Waals surface area (Å²) in [5.74, 6) is 0. The van der Waals surface area contributed by atoms with E-state index in [-0.39, 0.29) is 0 Å². The third-order valence-electron chi connectivity index (χ3n) is 0.542. The maximum atomic E-state index is 3.57. The second kappa shape index (κ2) is 2.11. The maximum absolute atomic E-state index is 3.57. The van der Waals surface area contributed by atoms with Crippen molar-refractivity contribution in [2.24, 2.45) is 10.2 Å². The van der Waals surface area contributed by atoms with Gasteiger partial charge in [0.05, 0.1) is 12.4 Å². The Bertz CT molecular complexity index is 143. The van der Waals surface area contributed by atoms with Crippen molar-refractivity contribution in [3.8, 4) is 0 Å². The molecule has 0 saturated carbocycles. The molecule has 0 aliphatic carbocycles. The summed E-state index contributed by atoms with van der Waals surface area (Å²) in [6.07, 6.45) is 6.57. The van der Waals surface area contributed by atoms with Crippen molar-refractivity contribution in [3.05, 3.63) is 17.9 Å². The third kappa shape index (κ3) is 1.16. The van der Waals surface area contributed by atoms with Gasteiger partial charge in [0.1, 0.15) is 0 Å². The summed E-state index contributed by atoms with van der Waals surface area (Å²) in [7, 11) is 0. The molecule has 0 spiro atoms. The van der Waals surface area contributed by atoms with Crippen LogP contribution in [0.25, 0.3) is 0 Å². The molecule has 2 nitrogen and oxygen atoms in total. The Morgan fingerprint density at radius 1 is 1.00 bits per heavy atom. The minimum atomic E-state index is 1.58. The minimum absolute atomic E-state index is 1.58. The summed E-state index contributed by atoms with van der Waals surface area (Å²) in [6.45, 7) is 0. The first-order chi connectivity index (χ1) is 3.50. The summed E-state index contributed by atoms with van der Waals surface area (Å²) in [5, 5.41) is 7.13. The summed E-state index contributed by atoms with van der Waals surface area (Å²) >= 11 is 0. The molecule has 0 aromatic rings. The van der Waals surface area contributed by atoms with E-state index in [0.29, 0.717) is 0 Å². The van der Waals surface area contributed by atoms with Crippen LogP contribution in [0.5, 0.6) is 0 Å². The van der Waals surface area contributed by atoms with Crippen molar-refractivity contribution < 1.29 is 0 Å². The smallest absolute Gasteiger partial charge is 0.0572 e. The monoisotopic (exact) mass is 92.0 g/mol. The highest BCUT2D eigenvalue weighted by molar-refractivity contribution is 5.77. The van der Waals surface area contributed by atoms with Gasteiger partial charge in [0.15, 0.2) is 0 Å². The first-order valence-electron chi connectivity index (χ1n) is 1.96. The van der Waals surface area contributed by atoms with Crippen LogP contribution in [0.15, 0.2) is 28.1 Å². The normalized spacial score (nSPS) is 14.9. The average Bonchev–Trinajstić information content (AvgIpc) is 1.90. The lowest BCUT2D eigenvalue weighted by atomic mass is 10.6. The summed E-state index contributed by atoms with van der Waals surface area (Å²) < 4.78 is 0. The van der Waals surface area contributed by atoms with Crippen LogP contribution in [0.2, 0.25) is 0 Å². The molecule has 0 amide bonds. The molecule has 0 bridgehead atoms. The molecule has 0 N–H and O–H groups in total. The Morgan fingerprint density at radius 2 is 1.57 bits per heavy atom. The molecule has 0 aromatic carbocycles. The molecule has 1 heterocycles. The summed E-state index contributed by atoms with van der Waals surface area (Å²) in [4.78, 5) is 0.